The Bertz CT molecular complexity index is 538. The molecule has 1 saturated heterocycles. The van der Waals surface area contributed by atoms with Crippen molar-refractivity contribution in [1.29, 1.82) is 0 Å². The summed E-state index contributed by atoms with van der Waals surface area (Å²) in [6, 6.07) is 0. The van der Waals surface area contributed by atoms with Gasteiger partial charge in [0.25, 0.3) is 0 Å². The molecule has 8 nitrogen and oxygen atoms in total. The van der Waals surface area contributed by atoms with Crippen molar-refractivity contribution in [3.05, 3.63) is 12.2 Å². The maximum Gasteiger partial charge on any atom is 0.191 e. The number of likely N-dealkylation sites (tertiary alicyclic amines) is 1. The predicted molar refractivity (Wildman–Crippen MR) is 114 cm³/mol. The zero-order chi connectivity index (χ0) is 19.9. The van der Waals surface area contributed by atoms with Crippen LogP contribution in [0.1, 0.15) is 51.3 Å². The first-order valence-corrected chi connectivity index (χ1v) is 10.9. The molecule has 0 amide bonds. The summed E-state index contributed by atoms with van der Waals surface area (Å²) in [4.78, 5) is 7.29. The SMILES string of the molecule is CCc1nncn1CCNC(=NCCCOC)NCCCN1CCCCCC1. The summed E-state index contributed by atoms with van der Waals surface area (Å²) in [6.45, 7) is 9.88. The van der Waals surface area contributed by atoms with Crippen molar-refractivity contribution < 1.29 is 4.74 Å². The van der Waals surface area contributed by atoms with Crippen molar-refractivity contribution in [2.24, 2.45) is 4.99 Å². The van der Waals surface area contributed by atoms with Crippen LogP contribution in [0.15, 0.2) is 11.3 Å². The molecule has 2 heterocycles. The Balaban J connectivity index is 1.71. The van der Waals surface area contributed by atoms with E-state index in [-0.39, 0.29) is 0 Å². The molecule has 0 saturated carbocycles. The van der Waals surface area contributed by atoms with Gasteiger partial charge in [-0.1, -0.05) is 19.8 Å². The number of aryl methyl sites for hydroxylation is 1. The summed E-state index contributed by atoms with van der Waals surface area (Å²) in [6.07, 6.45) is 10.3. The lowest BCUT2D eigenvalue weighted by Crippen LogP contribution is -2.40. The van der Waals surface area contributed by atoms with Crippen LogP contribution in [0.2, 0.25) is 0 Å². The van der Waals surface area contributed by atoms with Crippen molar-refractivity contribution in [2.75, 3.05) is 53.0 Å². The first kappa shape index (κ1) is 22.6. The molecule has 1 aromatic rings. The summed E-state index contributed by atoms with van der Waals surface area (Å²) in [7, 11) is 1.73. The summed E-state index contributed by atoms with van der Waals surface area (Å²) < 4.78 is 7.21. The third-order valence-corrected chi connectivity index (χ3v) is 5.08. The van der Waals surface area contributed by atoms with Crippen molar-refractivity contribution in [3.8, 4) is 0 Å². The molecule has 1 aliphatic rings. The van der Waals surface area contributed by atoms with E-state index in [0.29, 0.717) is 0 Å². The number of nitrogens with one attached hydrogen (secondary N) is 2. The second-order valence-corrected chi connectivity index (χ2v) is 7.33. The molecule has 2 rings (SSSR count). The number of hydrogen-bond donors (Lipinski definition) is 2. The van der Waals surface area contributed by atoms with Crippen LogP contribution in [0.3, 0.4) is 0 Å². The van der Waals surface area contributed by atoms with Gasteiger partial charge in [-0.3, -0.25) is 4.99 Å². The van der Waals surface area contributed by atoms with Crippen LogP contribution in [-0.4, -0.2) is 78.6 Å². The fraction of sp³-hybridized carbons (Fsp3) is 0.850. The van der Waals surface area contributed by atoms with Gasteiger partial charge in [0, 0.05) is 46.3 Å². The quantitative estimate of drug-likeness (QED) is 0.320. The van der Waals surface area contributed by atoms with E-state index in [1.807, 2.05) is 0 Å². The van der Waals surface area contributed by atoms with Gasteiger partial charge in [-0.2, -0.15) is 0 Å². The van der Waals surface area contributed by atoms with Crippen LogP contribution in [0, 0.1) is 0 Å². The molecule has 2 N–H and O–H groups in total. The third-order valence-electron chi connectivity index (χ3n) is 5.08. The van der Waals surface area contributed by atoms with Crippen molar-refractivity contribution in [3.63, 3.8) is 0 Å². The van der Waals surface area contributed by atoms with Gasteiger partial charge >= 0.3 is 0 Å². The second-order valence-electron chi connectivity index (χ2n) is 7.33. The minimum absolute atomic E-state index is 0.742. The number of ether oxygens (including phenoxy) is 1. The summed E-state index contributed by atoms with van der Waals surface area (Å²) in [5.74, 6) is 1.91. The molecule has 28 heavy (non-hydrogen) atoms. The second kappa shape index (κ2) is 14.3. The number of aliphatic imine (C=N–C) groups is 1. The van der Waals surface area contributed by atoms with E-state index in [0.717, 1.165) is 63.8 Å². The molecular formula is C20H39N7O. The highest BCUT2D eigenvalue weighted by Crippen LogP contribution is 2.09. The average Bonchev–Trinajstić information content (AvgIpc) is 3.01. The summed E-state index contributed by atoms with van der Waals surface area (Å²) in [5, 5.41) is 15.1. The highest BCUT2D eigenvalue weighted by atomic mass is 16.5. The lowest BCUT2D eigenvalue weighted by molar-refractivity contribution is 0.197. The van der Waals surface area contributed by atoms with Gasteiger partial charge in [-0.05, 0) is 45.3 Å². The molecule has 0 atom stereocenters. The standard InChI is InChI=1S/C20H39N7O/c1-3-19-25-24-18-27(19)16-12-23-20(22-11-9-17-28-2)21-10-8-15-26-13-6-4-5-7-14-26/h18H,3-17H2,1-2H3,(H2,21,22,23). The normalized spacial score (nSPS) is 16.1. The molecule has 0 aromatic carbocycles. The molecule has 1 aromatic heterocycles. The summed E-state index contributed by atoms with van der Waals surface area (Å²) in [5.41, 5.74) is 0. The molecule has 1 aliphatic heterocycles. The van der Waals surface area contributed by atoms with Gasteiger partial charge in [-0.15, -0.1) is 10.2 Å². The van der Waals surface area contributed by atoms with Crippen molar-refractivity contribution in [1.82, 2.24) is 30.3 Å². The van der Waals surface area contributed by atoms with E-state index in [1.54, 1.807) is 13.4 Å². The van der Waals surface area contributed by atoms with Crippen molar-refractivity contribution in [2.45, 2.75) is 58.4 Å². The van der Waals surface area contributed by atoms with Gasteiger partial charge in [0.2, 0.25) is 0 Å². The third kappa shape index (κ3) is 9.01. The fourth-order valence-corrected chi connectivity index (χ4v) is 3.48. The summed E-state index contributed by atoms with van der Waals surface area (Å²) >= 11 is 0. The Hall–Kier alpha value is -1.67. The number of guanidine groups is 1. The number of hydrogen-bond acceptors (Lipinski definition) is 5. The van der Waals surface area contributed by atoms with Crippen molar-refractivity contribution >= 4 is 5.96 Å². The minimum atomic E-state index is 0.742. The van der Waals surface area contributed by atoms with Crippen LogP contribution in [0.25, 0.3) is 0 Å². The highest BCUT2D eigenvalue weighted by molar-refractivity contribution is 5.79. The Morgan fingerprint density at radius 2 is 1.89 bits per heavy atom. The molecule has 0 radical (unpaired) electrons. The molecule has 160 valence electrons. The van der Waals surface area contributed by atoms with E-state index >= 15 is 0 Å². The number of rotatable bonds is 12. The van der Waals surface area contributed by atoms with Crippen LogP contribution >= 0.6 is 0 Å². The van der Waals surface area contributed by atoms with Crippen LogP contribution in [0.4, 0.5) is 0 Å². The van der Waals surface area contributed by atoms with Gasteiger partial charge in [0.1, 0.15) is 12.2 Å². The fourth-order valence-electron chi connectivity index (χ4n) is 3.48. The van der Waals surface area contributed by atoms with Gasteiger partial charge in [0.05, 0.1) is 0 Å². The van der Waals surface area contributed by atoms with Gasteiger partial charge in [0.15, 0.2) is 5.96 Å². The minimum Gasteiger partial charge on any atom is -0.385 e. The predicted octanol–water partition coefficient (Wildman–Crippen LogP) is 1.68. The van der Waals surface area contributed by atoms with Crippen LogP contribution in [0.5, 0.6) is 0 Å². The zero-order valence-electron chi connectivity index (χ0n) is 17.8. The first-order valence-electron chi connectivity index (χ1n) is 10.9. The lowest BCUT2D eigenvalue weighted by atomic mass is 10.2. The highest BCUT2D eigenvalue weighted by Gasteiger charge is 2.08. The van der Waals surface area contributed by atoms with Gasteiger partial charge in [-0.25, -0.2) is 0 Å². The maximum atomic E-state index is 5.12. The zero-order valence-corrected chi connectivity index (χ0v) is 17.8. The number of nitrogens with zero attached hydrogens (tertiary/aromatic N) is 5. The Labute approximate surface area is 170 Å². The van der Waals surface area contributed by atoms with E-state index in [4.69, 9.17) is 4.74 Å². The monoisotopic (exact) mass is 393 g/mol. The van der Waals surface area contributed by atoms with Crippen LogP contribution in [-0.2, 0) is 17.7 Å². The molecule has 0 aliphatic carbocycles. The topological polar surface area (TPSA) is 79.6 Å². The van der Waals surface area contributed by atoms with Gasteiger partial charge < -0.3 is 24.8 Å². The molecule has 0 spiro atoms. The molecule has 0 unspecified atom stereocenters. The number of aromatic nitrogens is 3. The first-order chi connectivity index (χ1) is 13.8. The Morgan fingerprint density at radius 3 is 2.64 bits per heavy atom. The maximum absolute atomic E-state index is 5.12. The molecule has 8 heteroatoms. The smallest absolute Gasteiger partial charge is 0.191 e. The molecule has 0 bridgehead atoms. The van der Waals surface area contributed by atoms with Crippen LogP contribution < -0.4 is 10.6 Å². The van der Waals surface area contributed by atoms with E-state index in [2.05, 4.69) is 42.2 Å². The largest absolute Gasteiger partial charge is 0.385 e. The Morgan fingerprint density at radius 1 is 1.11 bits per heavy atom. The molecular weight excluding hydrogens is 354 g/mol. The molecule has 1 fully saturated rings. The lowest BCUT2D eigenvalue weighted by Gasteiger charge is -2.20. The Kier molecular flexibility index (Phi) is 11.6. The van der Waals surface area contributed by atoms with E-state index in [1.165, 1.54) is 45.3 Å². The van der Waals surface area contributed by atoms with E-state index < -0.39 is 0 Å². The van der Waals surface area contributed by atoms with E-state index in [9.17, 15) is 0 Å². The average molecular weight is 394 g/mol. The number of methoxy groups -OCH3 is 1.